The first-order valence-corrected chi connectivity index (χ1v) is 8.18. The van der Waals surface area contributed by atoms with Gasteiger partial charge in [-0.05, 0) is 35.2 Å². The van der Waals surface area contributed by atoms with E-state index in [-0.39, 0.29) is 22.6 Å². The van der Waals surface area contributed by atoms with Crippen LogP contribution in [0.5, 0.6) is 0 Å². The molecule has 0 saturated carbocycles. The standard InChI is InChI=1S/C21H11F3N4/c22-17-6-12(7-18(23)20(17)24)19-8-15(16(9-25)21(26)28-19)14-3-1-2-11-10-27-5-4-13(11)14/h1-8,10H,(H2,26,28). The zero-order valence-corrected chi connectivity index (χ0v) is 14.2. The molecule has 4 rings (SSSR count). The first kappa shape index (κ1) is 17.5. The number of fused-ring (bicyclic) bond motifs is 1. The maximum Gasteiger partial charge on any atom is 0.194 e. The lowest BCUT2D eigenvalue weighted by molar-refractivity contribution is 0.447. The lowest BCUT2D eigenvalue weighted by Gasteiger charge is -2.12. The summed E-state index contributed by atoms with van der Waals surface area (Å²) in [6.45, 7) is 0. The Balaban J connectivity index is 2.02. The van der Waals surface area contributed by atoms with Crippen molar-refractivity contribution in [3.05, 3.63) is 77.9 Å². The van der Waals surface area contributed by atoms with Crippen LogP contribution in [-0.4, -0.2) is 9.97 Å². The molecule has 7 heteroatoms. The van der Waals surface area contributed by atoms with Crippen molar-refractivity contribution in [1.29, 1.82) is 5.26 Å². The van der Waals surface area contributed by atoms with Gasteiger partial charge in [-0.2, -0.15) is 5.26 Å². The van der Waals surface area contributed by atoms with Crippen molar-refractivity contribution < 1.29 is 13.2 Å². The Hall–Kier alpha value is -3.92. The summed E-state index contributed by atoms with van der Waals surface area (Å²) < 4.78 is 40.6. The number of hydrogen-bond donors (Lipinski definition) is 1. The largest absolute Gasteiger partial charge is 0.383 e. The second-order valence-electron chi connectivity index (χ2n) is 6.08. The normalized spacial score (nSPS) is 10.8. The molecule has 28 heavy (non-hydrogen) atoms. The molecule has 0 saturated heterocycles. The number of nitrogens with zero attached hydrogens (tertiary/aromatic N) is 3. The average molecular weight is 376 g/mol. The molecule has 0 amide bonds. The third kappa shape index (κ3) is 2.81. The Morgan fingerprint density at radius 3 is 2.43 bits per heavy atom. The van der Waals surface area contributed by atoms with E-state index in [1.165, 1.54) is 6.07 Å². The van der Waals surface area contributed by atoms with Gasteiger partial charge in [0.15, 0.2) is 17.5 Å². The highest BCUT2D eigenvalue weighted by Gasteiger charge is 2.18. The fourth-order valence-electron chi connectivity index (χ4n) is 3.10. The van der Waals surface area contributed by atoms with Crippen LogP contribution in [0.15, 0.2) is 54.9 Å². The van der Waals surface area contributed by atoms with E-state index in [1.807, 2.05) is 12.1 Å². The monoisotopic (exact) mass is 376 g/mol. The minimum atomic E-state index is -1.56. The van der Waals surface area contributed by atoms with Crippen LogP contribution in [0, 0.1) is 28.8 Å². The van der Waals surface area contributed by atoms with Crippen molar-refractivity contribution >= 4 is 16.6 Å². The molecule has 0 atom stereocenters. The number of benzene rings is 2. The predicted molar refractivity (Wildman–Crippen MR) is 99.4 cm³/mol. The second kappa shape index (κ2) is 6.67. The second-order valence-corrected chi connectivity index (χ2v) is 6.08. The van der Waals surface area contributed by atoms with Gasteiger partial charge in [-0.25, -0.2) is 18.2 Å². The molecule has 2 aromatic carbocycles. The summed E-state index contributed by atoms with van der Waals surface area (Å²) in [5.41, 5.74) is 7.36. The minimum Gasteiger partial charge on any atom is -0.383 e. The average Bonchev–Trinajstić information content (AvgIpc) is 2.70. The van der Waals surface area contributed by atoms with Gasteiger partial charge in [0.2, 0.25) is 0 Å². The van der Waals surface area contributed by atoms with Gasteiger partial charge >= 0.3 is 0 Å². The molecule has 0 radical (unpaired) electrons. The SMILES string of the molecule is N#Cc1c(-c2cccc3cnccc23)cc(-c2cc(F)c(F)c(F)c2)nc1N. The summed E-state index contributed by atoms with van der Waals surface area (Å²) in [5, 5.41) is 11.2. The van der Waals surface area contributed by atoms with Gasteiger partial charge in [0, 0.05) is 28.9 Å². The molecule has 4 aromatic rings. The highest BCUT2D eigenvalue weighted by molar-refractivity contribution is 5.98. The van der Waals surface area contributed by atoms with Crippen molar-refractivity contribution in [2.45, 2.75) is 0 Å². The Labute approximate surface area is 157 Å². The van der Waals surface area contributed by atoms with E-state index in [4.69, 9.17) is 5.73 Å². The van der Waals surface area contributed by atoms with Gasteiger partial charge in [0.25, 0.3) is 0 Å². The molecule has 0 fully saturated rings. The Morgan fingerprint density at radius 2 is 1.71 bits per heavy atom. The van der Waals surface area contributed by atoms with E-state index >= 15 is 0 Å². The molecule has 0 aliphatic heterocycles. The molecule has 0 unspecified atom stereocenters. The number of rotatable bonds is 2. The topological polar surface area (TPSA) is 75.6 Å². The van der Waals surface area contributed by atoms with Gasteiger partial charge in [0.05, 0.1) is 5.69 Å². The number of hydrogen-bond acceptors (Lipinski definition) is 4. The number of aromatic nitrogens is 2. The number of nitrogens with two attached hydrogens (primary N) is 1. The third-order valence-electron chi connectivity index (χ3n) is 4.41. The molecule has 0 aliphatic rings. The zero-order chi connectivity index (χ0) is 19.8. The van der Waals surface area contributed by atoms with Crippen molar-refractivity contribution in [3.8, 4) is 28.5 Å². The summed E-state index contributed by atoms with van der Waals surface area (Å²) in [6, 6.07) is 12.5. The van der Waals surface area contributed by atoms with Crippen LogP contribution >= 0.6 is 0 Å². The highest BCUT2D eigenvalue weighted by Crippen LogP contribution is 2.35. The molecule has 136 valence electrons. The Bertz CT molecular complexity index is 1250. The van der Waals surface area contributed by atoms with Gasteiger partial charge in [0.1, 0.15) is 17.5 Å². The Morgan fingerprint density at radius 1 is 0.964 bits per heavy atom. The lowest BCUT2D eigenvalue weighted by atomic mass is 9.94. The molecule has 2 aromatic heterocycles. The quantitative estimate of drug-likeness (QED) is 0.508. The molecule has 0 bridgehead atoms. The summed E-state index contributed by atoms with van der Waals surface area (Å²) in [5.74, 6) is -4.33. The van der Waals surface area contributed by atoms with Crippen LogP contribution in [0.3, 0.4) is 0 Å². The van der Waals surface area contributed by atoms with Crippen LogP contribution in [0.1, 0.15) is 5.56 Å². The van der Waals surface area contributed by atoms with Crippen LogP contribution in [0.4, 0.5) is 19.0 Å². The zero-order valence-electron chi connectivity index (χ0n) is 14.2. The van der Waals surface area contributed by atoms with Crippen molar-refractivity contribution in [2.24, 2.45) is 0 Å². The first-order valence-electron chi connectivity index (χ1n) is 8.18. The maximum atomic E-state index is 13.7. The van der Waals surface area contributed by atoms with Crippen molar-refractivity contribution in [3.63, 3.8) is 0 Å². The van der Waals surface area contributed by atoms with Gasteiger partial charge < -0.3 is 5.73 Å². The van der Waals surface area contributed by atoms with Crippen molar-refractivity contribution in [1.82, 2.24) is 9.97 Å². The number of nitriles is 1. The van der Waals surface area contributed by atoms with E-state index < -0.39 is 17.5 Å². The van der Waals surface area contributed by atoms with E-state index in [0.29, 0.717) is 11.1 Å². The summed E-state index contributed by atoms with van der Waals surface area (Å²) in [7, 11) is 0. The summed E-state index contributed by atoms with van der Waals surface area (Å²) >= 11 is 0. The molecular formula is C21H11F3N4. The van der Waals surface area contributed by atoms with Crippen LogP contribution in [0.25, 0.3) is 33.2 Å². The first-order chi connectivity index (χ1) is 13.5. The fourth-order valence-corrected chi connectivity index (χ4v) is 3.10. The highest BCUT2D eigenvalue weighted by atomic mass is 19.2. The molecule has 0 aliphatic carbocycles. The number of anilines is 1. The van der Waals surface area contributed by atoms with Crippen LogP contribution in [-0.2, 0) is 0 Å². The number of halogens is 3. The smallest absolute Gasteiger partial charge is 0.194 e. The van der Waals surface area contributed by atoms with Crippen LogP contribution in [0.2, 0.25) is 0 Å². The van der Waals surface area contributed by atoms with Crippen molar-refractivity contribution in [2.75, 3.05) is 5.73 Å². The molecular weight excluding hydrogens is 365 g/mol. The lowest BCUT2D eigenvalue weighted by Crippen LogP contribution is -2.01. The van der Waals surface area contributed by atoms with E-state index in [1.54, 1.807) is 30.6 Å². The third-order valence-corrected chi connectivity index (χ3v) is 4.41. The van der Waals surface area contributed by atoms with E-state index in [0.717, 1.165) is 22.9 Å². The van der Waals surface area contributed by atoms with E-state index in [2.05, 4.69) is 9.97 Å². The predicted octanol–water partition coefficient (Wildman–Crippen LogP) is 4.83. The Kier molecular flexibility index (Phi) is 4.17. The molecule has 2 N–H and O–H groups in total. The molecule has 2 heterocycles. The molecule has 0 spiro atoms. The summed E-state index contributed by atoms with van der Waals surface area (Å²) in [6.07, 6.45) is 3.30. The van der Waals surface area contributed by atoms with Gasteiger partial charge in [-0.3, -0.25) is 4.98 Å². The molecule has 4 nitrogen and oxygen atoms in total. The van der Waals surface area contributed by atoms with Crippen LogP contribution < -0.4 is 5.73 Å². The maximum absolute atomic E-state index is 13.7. The fraction of sp³-hybridized carbons (Fsp3) is 0. The van der Waals surface area contributed by atoms with Gasteiger partial charge in [-0.1, -0.05) is 18.2 Å². The number of pyridine rings is 2. The minimum absolute atomic E-state index is 0.00995. The summed E-state index contributed by atoms with van der Waals surface area (Å²) in [4.78, 5) is 8.16. The number of nitrogen functional groups attached to an aromatic ring is 1. The van der Waals surface area contributed by atoms with Gasteiger partial charge in [-0.15, -0.1) is 0 Å². The van der Waals surface area contributed by atoms with E-state index in [9.17, 15) is 18.4 Å².